The van der Waals surface area contributed by atoms with E-state index in [2.05, 4.69) is 10.3 Å². The molecule has 10 heteroatoms. The molecule has 0 heterocycles. The number of benzene rings is 1. The van der Waals surface area contributed by atoms with Crippen molar-refractivity contribution in [2.45, 2.75) is 38.3 Å². The van der Waals surface area contributed by atoms with E-state index in [0.717, 1.165) is 0 Å². The maximum Gasteiger partial charge on any atom is 0.326 e. The summed E-state index contributed by atoms with van der Waals surface area (Å²) in [6, 6.07) is 4.33. The van der Waals surface area contributed by atoms with Gasteiger partial charge in [0.2, 0.25) is 5.91 Å². The van der Waals surface area contributed by atoms with Crippen LogP contribution >= 0.6 is 0 Å². The number of rotatable bonds is 10. The molecule has 0 aliphatic carbocycles. The number of carbonyl (C=O) groups excluding carboxylic acids is 2. The summed E-state index contributed by atoms with van der Waals surface area (Å²) >= 11 is 0. The standard InChI is InChI=1S/C17H25N5O5/c1-10(23)27-12-6-4-11(5-7-12)9-14(16(25)26)22-15(24)13(18)3-2-8-21-17(19)20/h4-7,13-14H,2-3,8-9,18H2,1H3,(H,22,24)(H,25,26)(H4,19,20,21)/t13-,14-/m0/s1. The highest BCUT2D eigenvalue weighted by atomic mass is 16.5. The number of guanidine groups is 1. The zero-order valence-electron chi connectivity index (χ0n) is 15.1. The monoisotopic (exact) mass is 379 g/mol. The Bertz CT molecular complexity index is 685. The smallest absolute Gasteiger partial charge is 0.326 e. The summed E-state index contributed by atoms with van der Waals surface area (Å²) < 4.78 is 4.91. The van der Waals surface area contributed by atoms with E-state index in [9.17, 15) is 19.5 Å². The van der Waals surface area contributed by atoms with Gasteiger partial charge in [-0.15, -0.1) is 0 Å². The second-order valence-corrected chi connectivity index (χ2v) is 5.90. The summed E-state index contributed by atoms with van der Waals surface area (Å²) in [5.74, 6) is -1.89. The first-order valence-corrected chi connectivity index (χ1v) is 8.30. The minimum Gasteiger partial charge on any atom is -0.480 e. The number of aliphatic imine (C=N–C) groups is 1. The normalized spacial score (nSPS) is 12.5. The number of nitrogens with zero attached hydrogens (tertiary/aromatic N) is 1. The Labute approximate surface area is 156 Å². The SMILES string of the molecule is CC(=O)Oc1ccc(C[C@H](NC(=O)[C@@H](N)CCCN=C(N)N)C(=O)O)cc1. The van der Waals surface area contributed by atoms with Crippen molar-refractivity contribution in [1.82, 2.24) is 5.32 Å². The van der Waals surface area contributed by atoms with Gasteiger partial charge in [0.05, 0.1) is 6.04 Å². The molecular formula is C17H25N5O5. The average Bonchev–Trinajstić information content (AvgIpc) is 2.58. The second kappa shape index (κ2) is 10.8. The summed E-state index contributed by atoms with van der Waals surface area (Å²) in [6.07, 6.45) is 0.857. The van der Waals surface area contributed by atoms with Crippen molar-refractivity contribution in [1.29, 1.82) is 0 Å². The third-order valence-corrected chi connectivity index (χ3v) is 3.54. The molecular weight excluding hydrogens is 354 g/mol. The van der Waals surface area contributed by atoms with Crippen molar-refractivity contribution in [3.63, 3.8) is 0 Å². The van der Waals surface area contributed by atoms with Crippen molar-refractivity contribution < 1.29 is 24.2 Å². The molecule has 0 spiro atoms. The van der Waals surface area contributed by atoms with Gasteiger partial charge in [0, 0.05) is 19.9 Å². The molecule has 0 saturated heterocycles. The summed E-state index contributed by atoms with van der Waals surface area (Å²) in [6.45, 7) is 1.62. The zero-order valence-corrected chi connectivity index (χ0v) is 15.1. The van der Waals surface area contributed by atoms with E-state index < -0.39 is 29.9 Å². The molecule has 0 bridgehead atoms. The molecule has 148 valence electrons. The van der Waals surface area contributed by atoms with Crippen LogP contribution < -0.4 is 27.3 Å². The van der Waals surface area contributed by atoms with Gasteiger partial charge in [0.25, 0.3) is 0 Å². The quantitative estimate of drug-likeness (QED) is 0.114. The third-order valence-electron chi connectivity index (χ3n) is 3.54. The summed E-state index contributed by atoms with van der Waals surface area (Å²) in [7, 11) is 0. The number of carbonyl (C=O) groups is 3. The predicted molar refractivity (Wildman–Crippen MR) is 98.9 cm³/mol. The lowest BCUT2D eigenvalue weighted by atomic mass is 10.0. The van der Waals surface area contributed by atoms with Crippen LogP contribution in [0.15, 0.2) is 29.3 Å². The first-order valence-electron chi connectivity index (χ1n) is 8.30. The van der Waals surface area contributed by atoms with E-state index in [4.69, 9.17) is 21.9 Å². The summed E-state index contributed by atoms with van der Waals surface area (Å²) in [4.78, 5) is 38.2. The minimum absolute atomic E-state index is 0.0429. The van der Waals surface area contributed by atoms with Crippen molar-refractivity contribution in [3.05, 3.63) is 29.8 Å². The lowest BCUT2D eigenvalue weighted by Crippen LogP contribution is -2.49. The molecule has 2 atom stereocenters. The molecule has 1 aromatic carbocycles. The Kier molecular flexibility index (Phi) is 8.73. The van der Waals surface area contributed by atoms with E-state index in [-0.39, 0.29) is 12.4 Å². The number of nitrogens with one attached hydrogen (secondary N) is 1. The number of hydrogen-bond acceptors (Lipinski definition) is 6. The van der Waals surface area contributed by atoms with Gasteiger partial charge >= 0.3 is 11.9 Å². The highest BCUT2D eigenvalue weighted by Crippen LogP contribution is 2.14. The molecule has 0 fully saturated rings. The number of esters is 1. The van der Waals surface area contributed by atoms with Crippen LogP contribution in [-0.4, -0.2) is 47.5 Å². The number of ether oxygens (including phenoxy) is 1. The van der Waals surface area contributed by atoms with Gasteiger partial charge in [0.15, 0.2) is 5.96 Å². The molecule has 1 aromatic rings. The molecule has 0 unspecified atom stereocenters. The van der Waals surface area contributed by atoms with Crippen LogP contribution in [-0.2, 0) is 20.8 Å². The number of hydrogen-bond donors (Lipinski definition) is 5. The van der Waals surface area contributed by atoms with E-state index in [1.807, 2.05) is 0 Å². The van der Waals surface area contributed by atoms with Gasteiger partial charge in [0.1, 0.15) is 11.8 Å². The van der Waals surface area contributed by atoms with E-state index in [1.54, 1.807) is 24.3 Å². The number of aliphatic carboxylic acids is 1. The number of carboxylic acids is 1. The number of amides is 1. The summed E-state index contributed by atoms with van der Waals surface area (Å²) in [5, 5.41) is 11.8. The van der Waals surface area contributed by atoms with Gasteiger partial charge in [-0.1, -0.05) is 12.1 Å². The Morgan fingerprint density at radius 1 is 1.22 bits per heavy atom. The molecule has 1 amide bonds. The maximum absolute atomic E-state index is 12.1. The van der Waals surface area contributed by atoms with Crippen LogP contribution in [0.1, 0.15) is 25.3 Å². The first-order chi connectivity index (χ1) is 12.7. The second-order valence-electron chi connectivity index (χ2n) is 5.90. The topological polar surface area (TPSA) is 183 Å². The van der Waals surface area contributed by atoms with Crippen LogP contribution in [0.4, 0.5) is 0 Å². The lowest BCUT2D eigenvalue weighted by Gasteiger charge is -2.18. The van der Waals surface area contributed by atoms with E-state index in [1.165, 1.54) is 6.92 Å². The van der Waals surface area contributed by atoms with Crippen molar-refractivity contribution in [3.8, 4) is 5.75 Å². The molecule has 1 rings (SSSR count). The lowest BCUT2D eigenvalue weighted by molar-refractivity contribution is -0.142. The number of carboxylic acid groups (broad SMARTS) is 1. The molecule has 0 aliphatic heterocycles. The van der Waals surface area contributed by atoms with Crippen molar-refractivity contribution in [2.24, 2.45) is 22.2 Å². The maximum atomic E-state index is 12.1. The Balaban J connectivity index is 2.60. The van der Waals surface area contributed by atoms with Gasteiger partial charge in [-0.3, -0.25) is 14.6 Å². The summed E-state index contributed by atoms with van der Waals surface area (Å²) in [5.41, 5.74) is 16.8. The largest absolute Gasteiger partial charge is 0.480 e. The fraction of sp³-hybridized carbons (Fsp3) is 0.412. The molecule has 0 aliphatic rings. The fourth-order valence-corrected chi connectivity index (χ4v) is 2.22. The Morgan fingerprint density at radius 3 is 2.37 bits per heavy atom. The van der Waals surface area contributed by atoms with Gasteiger partial charge < -0.3 is 32.4 Å². The first kappa shape index (κ1) is 21.9. The predicted octanol–water partition coefficient (Wildman–Crippen LogP) is -0.895. The van der Waals surface area contributed by atoms with E-state index >= 15 is 0 Å². The Morgan fingerprint density at radius 2 is 1.85 bits per heavy atom. The van der Waals surface area contributed by atoms with Crippen molar-refractivity contribution in [2.75, 3.05) is 6.54 Å². The minimum atomic E-state index is -1.18. The van der Waals surface area contributed by atoms with E-state index in [0.29, 0.717) is 30.7 Å². The van der Waals surface area contributed by atoms with Gasteiger partial charge in [-0.2, -0.15) is 0 Å². The van der Waals surface area contributed by atoms with Crippen molar-refractivity contribution >= 4 is 23.8 Å². The molecule has 10 nitrogen and oxygen atoms in total. The molecule has 0 saturated carbocycles. The van der Waals surface area contributed by atoms with Crippen LogP contribution in [0.3, 0.4) is 0 Å². The number of nitrogens with two attached hydrogens (primary N) is 3. The fourth-order valence-electron chi connectivity index (χ4n) is 2.22. The molecule has 0 aromatic heterocycles. The Hall–Kier alpha value is -3.14. The van der Waals surface area contributed by atoms with Crippen LogP contribution in [0, 0.1) is 0 Å². The highest BCUT2D eigenvalue weighted by Gasteiger charge is 2.23. The van der Waals surface area contributed by atoms with Crippen LogP contribution in [0.25, 0.3) is 0 Å². The van der Waals surface area contributed by atoms with Crippen LogP contribution in [0.2, 0.25) is 0 Å². The zero-order chi connectivity index (χ0) is 20.4. The van der Waals surface area contributed by atoms with Crippen LogP contribution in [0.5, 0.6) is 5.75 Å². The highest BCUT2D eigenvalue weighted by molar-refractivity contribution is 5.86. The average molecular weight is 379 g/mol. The molecule has 8 N–H and O–H groups in total. The van der Waals surface area contributed by atoms with Gasteiger partial charge in [-0.25, -0.2) is 4.79 Å². The molecule has 27 heavy (non-hydrogen) atoms. The third kappa shape index (κ3) is 8.68. The molecule has 0 radical (unpaired) electrons. The van der Waals surface area contributed by atoms with Gasteiger partial charge in [-0.05, 0) is 30.5 Å².